The fourth-order valence-electron chi connectivity index (χ4n) is 0.250. The van der Waals surface area contributed by atoms with Gasteiger partial charge in [-0.3, -0.25) is 0 Å². The minimum absolute atomic E-state index is 1.14. The lowest BCUT2D eigenvalue weighted by atomic mass is 10.5. The Balaban J connectivity index is -0.0000000847. The summed E-state index contributed by atoms with van der Waals surface area (Å²) in [6, 6.07) is 0. The van der Waals surface area contributed by atoms with E-state index >= 15 is 0 Å². The molecule has 0 fully saturated rings. The maximum atomic E-state index is 3.02. The van der Waals surface area contributed by atoms with E-state index in [1.165, 1.54) is 12.8 Å². The third-order valence-corrected chi connectivity index (χ3v) is 0.500. The van der Waals surface area contributed by atoms with Crippen LogP contribution in [0.15, 0.2) is 0 Å². The van der Waals surface area contributed by atoms with E-state index < -0.39 is 0 Å². The Labute approximate surface area is 67.2 Å². The molecule has 0 rings (SSSR count). The van der Waals surface area contributed by atoms with Crippen LogP contribution in [0.4, 0.5) is 0 Å². The van der Waals surface area contributed by atoms with Crippen molar-refractivity contribution >= 4 is 0 Å². The van der Waals surface area contributed by atoms with Gasteiger partial charge in [-0.05, 0) is 20.0 Å². The van der Waals surface area contributed by atoms with E-state index in [9.17, 15) is 0 Å². The third kappa shape index (κ3) is 100. The molecule has 0 aromatic rings. The zero-order valence-corrected chi connectivity index (χ0v) is 8.62. The quantitative estimate of drug-likeness (QED) is 0.633. The van der Waals surface area contributed by atoms with Crippen molar-refractivity contribution in [1.29, 1.82) is 0 Å². The van der Waals surface area contributed by atoms with Crippen LogP contribution in [0.25, 0.3) is 0 Å². The second-order valence-corrected chi connectivity index (χ2v) is 1.81. The molecule has 0 saturated heterocycles. The van der Waals surface area contributed by atoms with Crippen LogP contribution in [-0.4, -0.2) is 13.6 Å². The molecule has 0 aromatic heterocycles. The fourth-order valence-corrected chi connectivity index (χ4v) is 0.250. The first-order valence-corrected chi connectivity index (χ1v) is 4.47. The molecule has 0 saturated carbocycles. The molecule has 10 heavy (non-hydrogen) atoms. The van der Waals surface area contributed by atoms with Crippen molar-refractivity contribution in [2.24, 2.45) is 0 Å². The Morgan fingerprint density at radius 1 is 1.00 bits per heavy atom. The molecule has 1 heteroatoms. The Kier molecular flexibility index (Phi) is 59.8. The van der Waals surface area contributed by atoms with Gasteiger partial charge in [0, 0.05) is 0 Å². The molecule has 0 aliphatic rings. The SMILES string of the molecule is CC.CCC.CCCNC. The zero-order valence-electron chi connectivity index (χ0n) is 8.62. The molecule has 66 valence electrons. The molecule has 0 aromatic carbocycles. The van der Waals surface area contributed by atoms with Gasteiger partial charge in [-0.25, -0.2) is 0 Å². The minimum Gasteiger partial charge on any atom is -0.320 e. The molecule has 0 aliphatic heterocycles. The predicted octanol–water partition coefficient (Wildman–Crippen LogP) is 3.06. The van der Waals surface area contributed by atoms with Crippen molar-refractivity contribution in [3.05, 3.63) is 0 Å². The average molecular weight is 147 g/mol. The first kappa shape index (κ1) is 16.5. The molecule has 0 amide bonds. The monoisotopic (exact) mass is 147 g/mol. The van der Waals surface area contributed by atoms with Gasteiger partial charge in [0.2, 0.25) is 0 Å². The Morgan fingerprint density at radius 3 is 1.30 bits per heavy atom. The molecule has 0 atom stereocenters. The van der Waals surface area contributed by atoms with Gasteiger partial charge in [0.25, 0.3) is 0 Å². The van der Waals surface area contributed by atoms with Gasteiger partial charge in [-0.15, -0.1) is 0 Å². The molecule has 1 nitrogen and oxygen atoms in total. The van der Waals surface area contributed by atoms with Crippen LogP contribution in [-0.2, 0) is 0 Å². The van der Waals surface area contributed by atoms with Gasteiger partial charge in [0.05, 0.1) is 0 Å². The number of rotatable bonds is 2. The summed E-state index contributed by atoms with van der Waals surface area (Å²) in [5.74, 6) is 0. The maximum absolute atomic E-state index is 3.02. The van der Waals surface area contributed by atoms with E-state index in [0.29, 0.717) is 0 Å². The molecule has 0 radical (unpaired) electrons. The van der Waals surface area contributed by atoms with Crippen molar-refractivity contribution in [3.63, 3.8) is 0 Å². The van der Waals surface area contributed by atoms with E-state index in [0.717, 1.165) is 6.54 Å². The largest absolute Gasteiger partial charge is 0.320 e. The summed E-state index contributed by atoms with van der Waals surface area (Å²) < 4.78 is 0. The Morgan fingerprint density at radius 2 is 1.30 bits per heavy atom. The smallest absolute Gasteiger partial charge is 0.00546 e. The van der Waals surface area contributed by atoms with Gasteiger partial charge in [0.1, 0.15) is 0 Å². The van der Waals surface area contributed by atoms with Gasteiger partial charge < -0.3 is 5.32 Å². The standard InChI is InChI=1S/C4H11N.C3H8.C2H6/c1-3-4-5-2;1-3-2;1-2/h5H,3-4H2,1-2H3;3H2,1-2H3;1-2H3. The van der Waals surface area contributed by atoms with Crippen LogP contribution in [0.1, 0.15) is 47.5 Å². The third-order valence-electron chi connectivity index (χ3n) is 0.500. The second kappa shape index (κ2) is 36.2. The van der Waals surface area contributed by atoms with Gasteiger partial charge in [-0.1, -0.05) is 41.0 Å². The molecule has 0 bridgehead atoms. The lowest BCUT2D eigenvalue weighted by Crippen LogP contribution is -2.04. The first-order valence-electron chi connectivity index (χ1n) is 4.47. The highest BCUT2D eigenvalue weighted by Crippen LogP contribution is 1.62. The van der Waals surface area contributed by atoms with Crippen LogP contribution >= 0.6 is 0 Å². The highest BCUT2D eigenvalue weighted by molar-refractivity contribution is 4.28. The topological polar surface area (TPSA) is 12.0 Å². The Hall–Kier alpha value is -0.0400. The normalized spacial score (nSPS) is 6.60. The molecule has 1 N–H and O–H groups in total. The van der Waals surface area contributed by atoms with E-state index in [1.807, 2.05) is 20.9 Å². The first-order chi connectivity index (χ1) is 4.83. The summed E-state index contributed by atoms with van der Waals surface area (Å²) in [6.07, 6.45) is 2.48. The number of nitrogens with one attached hydrogen (secondary N) is 1. The van der Waals surface area contributed by atoms with Crippen molar-refractivity contribution < 1.29 is 0 Å². The Bertz CT molecular complexity index is 18.7. The van der Waals surface area contributed by atoms with E-state index in [1.54, 1.807) is 0 Å². The molecular weight excluding hydrogens is 122 g/mol. The summed E-state index contributed by atoms with van der Waals surface area (Å²) >= 11 is 0. The van der Waals surface area contributed by atoms with Crippen LogP contribution < -0.4 is 5.32 Å². The van der Waals surface area contributed by atoms with Crippen molar-refractivity contribution in [1.82, 2.24) is 5.32 Å². The zero-order chi connectivity index (χ0) is 8.83. The van der Waals surface area contributed by atoms with Crippen molar-refractivity contribution in [3.8, 4) is 0 Å². The number of hydrogen-bond donors (Lipinski definition) is 1. The van der Waals surface area contributed by atoms with Gasteiger partial charge in [0.15, 0.2) is 0 Å². The van der Waals surface area contributed by atoms with Crippen LogP contribution in [0.3, 0.4) is 0 Å². The average Bonchev–Trinajstić information content (AvgIpc) is 1.96. The highest BCUT2D eigenvalue weighted by Gasteiger charge is 1.64. The van der Waals surface area contributed by atoms with Gasteiger partial charge in [-0.2, -0.15) is 0 Å². The van der Waals surface area contributed by atoms with E-state index in [2.05, 4.69) is 26.1 Å². The molecule has 0 heterocycles. The highest BCUT2D eigenvalue weighted by atomic mass is 14.8. The lowest BCUT2D eigenvalue weighted by Gasteiger charge is -1.84. The molecule has 0 aliphatic carbocycles. The summed E-state index contributed by atoms with van der Waals surface area (Å²) in [4.78, 5) is 0. The summed E-state index contributed by atoms with van der Waals surface area (Å²) in [6.45, 7) is 11.5. The maximum Gasteiger partial charge on any atom is -0.00546 e. The van der Waals surface area contributed by atoms with E-state index in [4.69, 9.17) is 0 Å². The lowest BCUT2D eigenvalue weighted by molar-refractivity contribution is 0.772. The fraction of sp³-hybridized carbons (Fsp3) is 1.00. The van der Waals surface area contributed by atoms with Crippen LogP contribution in [0.5, 0.6) is 0 Å². The van der Waals surface area contributed by atoms with E-state index in [-0.39, 0.29) is 0 Å². The second-order valence-electron chi connectivity index (χ2n) is 1.81. The summed E-state index contributed by atoms with van der Waals surface area (Å²) in [5.41, 5.74) is 0. The molecular formula is C9H25N. The van der Waals surface area contributed by atoms with Crippen LogP contribution in [0, 0.1) is 0 Å². The number of hydrogen-bond acceptors (Lipinski definition) is 1. The van der Waals surface area contributed by atoms with Crippen molar-refractivity contribution in [2.75, 3.05) is 13.6 Å². The summed E-state index contributed by atoms with van der Waals surface area (Å²) in [7, 11) is 1.96. The molecule has 0 unspecified atom stereocenters. The summed E-state index contributed by atoms with van der Waals surface area (Å²) in [5, 5.41) is 3.02. The van der Waals surface area contributed by atoms with Gasteiger partial charge >= 0.3 is 0 Å². The van der Waals surface area contributed by atoms with Crippen molar-refractivity contribution in [2.45, 2.75) is 47.5 Å². The molecule has 0 spiro atoms. The van der Waals surface area contributed by atoms with Crippen LogP contribution in [0.2, 0.25) is 0 Å². The minimum atomic E-state index is 1.14. The predicted molar refractivity (Wildman–Crippen MR) is 51.5 cm³/mol.